The summed E-state index contributed by atoms with van der Waals surface area (Å²) in [6.45, 7) is 1.56. The highest BCUT2D eigenvalue weighted by Crippen LogP contribution is 2.30. The summed E-state index contributed by atoms with van der Waals surface area (Å²) in [6, 6.07) is 20.2. The molecule has 0 saturated carbocycles. The first kappa shape index (κ1) is 23.8. The van der Waals surface area contributed by atoms with Crippen molar-refractivity contribution >= 4 is 15.9 Å². The van der Waals surface area contributed by atoms with Crippen molar-refractivity contribution in [3.8, 4) is 22.6 Å². The summed E-state index contributed by atoms with van der Waals surface area (Å²) in [7, 11) is -0.799. The molecule has 0 aliphatic carbocycles. The number of nitrogens with one attached hydrogen (secondary N) is 1. The summed E-state index contributed by atoms with van der Waals surface area (Å²) in [5.41, 5.74) is 3.86. The van der Waals surface area contributed by atoms with Crippen molar-refractivity contribution in [3.05, 3.63) is 77.9 Å². The Balaban J connectivity index is 1.50. The Morgan fingerprint density at radius 2 is 1.68 bits per heavy atom. The summed E-state index contributed by atoms with van der Waals surface area (Å²) in [4.78, 5) is 13.9. The van der Waals surface area contributed by atoms with Crippen LogP contribution in [0.2, 0.25) is 0 Å². The van der Waals surface area contributed by atoms with Gasteiger partial charge in [0.15, 0.2) is 11.5 Å². The van der Waals surface area contributed by atoms with Gasteiger partial charge >= 0.3 is 0 Å². The minimum atomic E-state index is -3.76. The Morgan fingerprint density at radius 3 is 2.35 bits per heavy atom. The summed E-state index contributed by atoms with van der Waals surface area (Å²) in [5, 5.41) is 0. The number of carbonyl (C=O) groups is 1. The molecule has 0 spiro atoms. The number of benzene rings is 3. The van der Waals surface area contributed by atoms with E-state index in [0.717, 1.165) is 35.2 Å². The van der Waals surface area contributed by atoms with Gasteiger partial charge in [0, 0.05) is 32.1 Å². The normalized spacial score (nSPS) is 13.8. The van der Waals surface area contributed by atoms with E-state index >= 15 is 0 Å². The second-order valence-corrected chi connectivity index (χ2v) is 9.88. The fourth-order valence-corrected chi connectivity index (χ4v) is 5.10. The predicted molar refractivity (Wildman–Crippen MR) is 130 cm³/mol. The molecule has 3 aromatic rings. The second-order valence-electron chi connectivity index (χ2n) is 8.11. The Labute approximate surface area is 200 Å². The van der Waals surface area contributed by atoms with Crippen molar-refractivity contribution in [1.82, 2.24) is 9.62 Å². The maximum Gasteiger partial charge on any atom is 0.241 e. The standard InChI is InChI=1S/C26H28N2O5S/c1-32-24-14-13-22(16-25(24)33-2)34(30,31)27-17-21-6-3-4-7-23(21)20-11-9-19(10-12-20)18-28-15-5-8-26(28)29/h3-4,6-7,9-14,16,27H,5,8,15,17-18H2,1-2H3. The number of ether oxygens (including phenoxy) is 2. The van der Waals surface area contributed by atoms with Gasteiger partial charge in [-0.2, -0.15) is 0 Å². The van der Waals surface area contributed by atoms with Gasteiger partial charge in [0.1, 0.15) is 0 Å². The van der Waals surface area contributed by atoms with Gasteiger partial charge in [-0.3, -0.25) is 4.79 Å². The lowest BCUT2D eigenvalue weighted by Gasteiger charge is -2.16. The number of methoxy groups -OCH3 is 2. The van der Waals surface area contributed by atoms with E-state index in [1.54, 1.807) is 6.07 Å². The Hall–Kier alpha value is -3.36. The zero-order valence-corrected chi connectivity index (χ0v) is 20.1. The molecule has 1 aliphatic rings. The molecule has 0 unspecified atom stereocenters. The van der Waals surface area contributed by atoms with E-state index in [2.05, 4.69) is 4.72 Å². The van der Waals surface area contributed by atoms with E-state index in [0.29, 0.717) is 24.5 Å². The first-order chi connectivity index (χ1) is 16.4. The molecule has 178 valence electrons. The van der Waals surface area contributed by atoms with Crippen LogP contribution in [0.3, 0.4) is 0 Å². The monoisotopic (exact) mass is 480 g/mol. The fraction of sp³-hybridized carbons (Fsp3) is 0.269. The minimum absolute atomic E-state index is 0.100. The van der Waals surface area contributed by atoms with Crippen LogP contribution in [-0.2, 0) is 27.9 Å². The molecule has 7 nitrogen and oxygen atoms in total. The van der Waals surface area contributed by atoms with Crippen LogP contribution in [0.15, 0.2) is 71.6 Å². The van der Waals surface area contributed by atoms with Gasteiger partial charge in [0.25, 0.3) is 0 Å². The largest absolute Gasteiger partial charge is 0.493 e. The zero-order chi connectivity index (χ0) is 24.1. The molecule has 4 rings (SSSR count). The maximum absolute atomic E-state index is 12.9. The zero-order valence-electron chi connectivity index (χ0n) is 19.3. The van der Waals surface area contributed by atoms with Crippen LogP contribution in [0.4, 0.5) is 0 Å². The lowest BCUT2D eigenvalue weighted by molar-refractivity contribution is -0.128. The Morgan fingerprint density at radius 1 is 0.941 bits per heavy atom. The molecule has 0 aromatic heterocycles. The lowest BCUT2D eigenvalue weighted by Crippen LogP contribution is -2.23. The van der Waals surface area contributed by atoms with Crippen LogP contribution < -0.4 is 14.2 Å². The molecule has 1 amide bonds. The second kappa shape index (κ2) is 10.3. The highest BCUT2D eigenvalue weighted by molar-refractivity contribution is 7.89. The van der Waals surface area contributed by atoms with Gasteiger partial charge < -0.3 is 14.4 Å². The molecule has 1 fully saturated rings. The van der Waals surface area contributed by atoms with Gasteiger partial charge in [0.2, 0.25) is 15.9 Å². The summed E-state index contributed by atoms with van der Waals surface area (Å²) in [6.07, 6.45) is 1.55. The molecule has 0 bridgehead atoms. The van der Waals surface area contributed by atoms with E-state index in [1.165, 1.54) is 26.4 Å². The number of hydrogen-bond donors (Lipinski definition) is 1. The third kappa shape index (κ3) is 5.24. The molecule has 8 heteroatoms. The number of nitrogens with zero attached hydrogens (tertiary/aromatic N) is 1. The minimum Gasteiger partial charge on any atom is -0.493 e. The highest BCUT2D eigenvalue weighted by Gasteiger charge is 2.20. The molecule has 0 atom stereocenters. The van der Waals surface area contributed by atoms with Crippen LogP contribution >= 0.6 is 0 Å². The first-order valence-corrected chi connectivity index (χ1v) is 12.6. The summed E-state index contributed by atoms with van der Waals surface area (Å²) < 4.78 is 38.9. The number of likely N-dealkylation sites (tertiary alicyclic amines) is 1. The van der Waals surface area contributed by atoms with Crippen LogP contribution in [0, 0.1) is 0 Å². The molecule has 1 aliphatic heterocycles. The van der Waals surface area contributed by atoms with Gasteiger partial charge in [0.05, 0.1) is 19.1 Å². The van der Waals surface area contributed by atoms with E-state index in [4.69, 9.17) is 9.47 Å². The predicted octanol–water partition coefficient (Wildman–Crippen LogP) is 3.97. The van der Waals surface area contributed by atoms with Gasteiger partial charge in [-0.15, -0.1) is 0 Å². The van der Waals surface area contributed by atoms with Crippen molar-refractivity contribution in [1.29, 1.82) is 0 Å². The van der Waals surface area contributed by atoms with Crippen LogP contribution in [0.1, 0.15) is 24.0 Å². The van der Waals surface area contributed by atoms with Gasteiger partial charge in [-0.05, 0) is 40.8 Å². The number of rotatable bonds is 9. The molecular weight excluding hydrogens is 452 g/mol. The van der Waals surface area contributed by atoms with Crippen LogP contribution in [0.5, 0.6) is 11.5 Å². The molecular formula is C26H28N2O5S. The van der Waals surface area contributed by atoms with Crippen molar-refractivity contribution < 1.29 is 22.7 Å². The maximum atomic E-state index is 12.9. The molecule has 34 heavy (non-hydrogen) atoms. The van der Waals surface area contributed by atoms with Crippen molar-refractivity contribution in [3.63, 3.8) is 0 Å². The molecule has 1 saturated heterocycles. The average Bonchev–Trinajstić information content (AvgIpc) is 3.27. The number of carbonyl (C=O) groups excluding carboxylic acids is 1. The average molecular weight is 481 g/mol. The Bertz CT molecular complexity index is 1270. The van der Waals surface area contributed by atoms with E-state index in [-0.39, 0.29) is 17.3 Å². The van der Waals surface area contributed by atoms with Crippen LogP contribution in [-0.4, -0.2) is 40.0 Å². The topological polar surface area (TPSA) is 84.9 Å². The molecule has 0 radical (unpaired) electrons. The molecule has 3 aromatic carbocycles. The highest BCUT2D eigenvalue weighted by atomic mass is 32.2. The Kier molecular flexibility index (Phi) is 7.19. The van der Waals surface area contributed by atoms with Crippen molar-refractivity contribution in [2.75, 3.05) is 20.8 Å². The van der Waals surface area contributed by atoms with E-state index < -0.39 is 10.0 Å². The van der Waals surface area contributed by atoms with Gasteiger partial charge in [-0.1, -0.05) is 48.5 Å². The molecule has 1 heterocycles. The number of hydrogen-bond acceptors (Lipinski definition) is 5. The third-order valence-corrected chi connectivity index (χ3v) is 7.34. The van der Waals surface area contributed by atoms with E-state index in [1.807, 2.05) is 53.4 Å². The van der Waals surface area contributed by atoms with E-state index in [9.17, 15) is 13.2 Å². The lowest BCUT2D eigenvalue weighted by atomic mass is 9.98. The number of amides is 1. The summed E-state index contributed by atoms with van der Waals surface area (Å²) >= 11 is 0. The third-order valence-electron chi connectivity index (χ3n) is 5.95. The first-order valence-electron chi connectivity index (χ1n) is 11.1. The fourth-order valence-electron chi connectivity index (χ4n) is 4.08. The quantitative estimate of drug-likeness (QED) is 0.501. The molecule has 1 N–H and O–H groups in total. The summed E-state index contributed by atoms with van der Waals surface area (Å²) in [5.74, 6) is 1.02. The van der Waals surface area contributed by atoms with Crippen LogP contribution in [0.25, 0.3) is 11.1 Å². The smallest absolute Gasteiger partial charge is 0.241 e. The van der Waals surface area contributed by atoms with Crippen molar-refractivity contribution in [2.45, 2.75) is 30.8 Å². The SMILES string of the molecule is COc1ccc(S(=O)(=O)NCc2ccccc2-c2ccc(CN3CCCC3=O)cc2)cc1OC. The van der Waals surface area contributed by atoms with Gasteiger partial charge in [-0.25, -0.2) is 13.1 Å². The number of sulfonamides is 1. The van der Waals surface area contributed by atoms with Crippen molar-refractivity contribution in [2.24, 2.45) is 0 Å².